The lowest BCUT2D eigenvalue weighted by atomic mass is 10.1. The van der Waals surface area contributed by atoms with Crippen molar-refractivity contribution >= 4 is 17.3 Å². The molecule has 1 aromatic carbocycles. The number of unbranched alkanes of at least 4 members (excludes halogenated alkanes) is 2. The predicted octanol–water partition coefficient (Wildman–Crippen LogP) is 3.05. The van der Waals surface area contributed by atoms with Crippen LogP contribution in [-0.2, 0) is 0 Å². The lowest BCUT2D eigenvalue weighted by Crippen LogP contribution is -2.13. The first-order valence-corrected chi connectivity index (χ1v) is 6.34. The second-order valence-electron chi connectivity index (χ2n) is 4.57. The fraction of sp³-hybridized carbons (Fsp3) is 0.500. The SMILES string of the molecule is CCCCCNc1cc(C(=O)O)ccc1N(C)C. The summed E-state index contributed by atoms with van der Waals surface area (Å²) in [7, 11) is 3.90. The Kier molecular flexibility index (Phi) is 5.49. The van der Waals surface area contributed by atoms with E-state index in [4.69, 9.17) is 5.11 Å². The number of carboxylic acid groups (broad SMARTS) is 1. The molecule has 0 unspecified atom stereocenters. The van der Waals surface area contributed by atoms with Gasteiger partial charge in [-0.3, -0.25) is 0 Å². The highest BCUT2D eigenvalue weighted by Crippen LogP contribution is 2.25. The molecule has 0 aliphatic heterocycles. The van der Waals surface area contributed by atoms with Gasteiger partial charge in [0.05, 0.1) is 16.9 Å². The molecule has 4 nitrogen and oxygen atoms in total. The minimum Gasteiger partial charge on any atom is -0.478 e. The molecule has 0 spiro atoms. The van der Waals surface area contributed by atoms with Crippen molar-refractivity contribution in [1.82, 2.24) is 0 Å². The van der Waals surface area contributed by atoms with Gasteiger partial charge in [0.15, 0.2) is 0 Å². The average molecular weight is 250 g/mol. The van der Waals surface area contributed by atoms with Gasteiger partial charge in [0.25, 0.3) is 0 Å². The van der Waals surface area contributed by atoms with Crippen LogP contribution in [0.2, 0.25) is 0 Å². The quantitative estimate of drug-likeness (QED) is 0.730. The number of aromatic carboxylic acids is 1. The van der Waals surface area contributed by atoms with Gasteiger partial charge in [-0.15, -0.1) is 0 Å². The Labute approximate surface area is 109 Å². The van der Waals surface area contributed by atoms with Crippen molar-refractivity contribution in [2.45, 2.75) is 26.2 Å². The summed E-state index contributed by atoms with van der Waals surface area (Å²) >= 11 is 0. The van der Waals surface area contributed by atoms with Crippen molar-refractivity contribution in [1.29, 1.82) is 0 Å². The third-order valence-corrected chi connectivity index (χ3v) is 2.82. The second kappa shape index (κ2) is 6.89. The third kappa shape index (κ3) is 3.95. The second-order valence-corrected chi connectivity index (χ2v) is 4.57. The van der Waals surface area contributed by atoms with Gasteiger partial charge in [0.1, 0.15) is 0 Å². The number of benzene rings is 1. The summed E-state index contributed by atoms with van der Waals surface area (Å²) in [5.41, 5.74) is 2.21. The van der Waals surface area contributed by atoms with Crippen molar-refractivity contribution in [3.05, 3.63) is 23.8 Å². The smallest absolute Gasteiger partial charge is 0.335 e. The van der Waals surface area contributed by atoms with E-state index in [9.17, 15) is 4.79 Å². The summed E-state index contributed by atoms with van der Waals surface area (Å²) in [6.07, 6.45) is 3.46. The zero-order valence-electron chi connectivity index (χ0n) is 11.4. The number of carbonyl (C=O) groups is 1. The monoisotopic (exact) mass is 250 g/mol. The van der Waals surface area contributed by atoms with Crippen LogP contribution in [0.5, 0.6) is 0 Å². The minimum atomic E-state index is -0.892. The zero-order valence-corrected chi connectivity index (χ0v) is 11.4. The number of nitrogens with zero attached hydrogens (tertiary/aromatic N) is 1. The Balaban J connectivity index is 2.83. The molecular formula is C14H22N2O2. The lowest BCUT2D eigenvalue weighted by Gasteiger charge is -2.19. The van der Waals surface area contributed by atoms with Gasteiger partial charge < -0.3 is 15.3 Å². The Morgan fingerprint density at radius 1 is 1.33 bits per heavy atom. The summed E-state index contributed by atoms with van der Waals surface area (Å²) in [6.45, 7) is 3.04. The maximum atomic E-state index is 11.0. The van der Waals surface area contributed by atoms with E-state index in [1.165, 1.54) is 12.8 Å². The molecule has 1 rings (SSSR count). The van der Waals surface area contributed by atoms with Crippen LogP contribution in [0.1, 0.15) is 36.5 Å². The first kappa shape index (κ1) is 14.4. The molecular weight excluding hydrogens is 228 g/mol. The van der Waals surface area contributed by atoms with Crippen molar-refractivity contribution in [2.24, 2.45) is 0 Å². The summed E-state index contributed by atoms with van der Waals surface area (Å²) in [4.78, 5) is 12.9. The van der Waals surface area contributed by atoms with Crippen LogP contribution >= 0.6 is 0 Å². The Hall–Kier alpha value is -1.71. The molecule has 0 bridgehead atoms. The molecule has 0 radical (unpaired) electrons. The van der Waals surface area contributed by atoms with E-state index in [2.05, 4.69) is 12.2 Å². The highest BCUT2D eigenvalue weighted by Gasteiger charge is 2.09. The highest BCUT2D eigenvalue weighted by molar-refractivity contribution is 5.90. The maximum Gasteiger partial charge on any atom is 0.335 e. The van der Waals surface area contributed by atoms with Gasteiger partial charge in [-0.05, 0) is 24.6 Å². The minimum absolute atomic E-state index is 0.318. The molecule has 0 saturated carbocycles. The molecule has 4 heteroatoms. The molecule has 18 heavy (non-hydrogen) atoms. The van der Waals surface area contributed by atoms with Crippen molar-refractivity contribution < 1.29 is 9.90 Å². The topological polar surface area (TPSA) is 52.6 Å². The normalized spacial score (nSPS) is 10.2. The van der Waals surface area contributed by atoms with Crippen LogP contribution in [-0.4, -0.2) is 31.7 Å². The van der Waals surface area contributed by atoms with E-state index in [1.54, 1.807) is 12.1 Å². The van der Waals surface area contributed by atoms with Gasteiger partial charge in [0.2, 0.25) is 0 Å². The fourth-order valence-electron chi connectivity index (χ4n) is 1.80. The van der Waals surface area contributed by atoms with Crippen LogP contribution in [0.25, 0.3) is 0 Å². The molecule has 0 saturated heterocycles. The zero-order chi connectivity index (χ0) is 13.5. The molecule has 0 fully saturated rings. The summed E-state index contributed by atoms with van der Waals surface area (Å²) in [5, 5.41) is 12.3. The number of carboxylic acids is 1. The maximum absolute atomic E-state index is 11.0. The van der Waals surface area contributed by atoms with Gasteiger partial charge >= 0.3 is 5.97 Å². The van der Waals surface area contributed by atoms with Gasteiger partial charge in [-0.25, -0.2) is 4.79 Å². The van der Waals surface area contributed by atoms with Gasteiger partial charge in [-0.1, -0.05) is 19.8 Å². The molecule has 0 amide bonds. The molecule has 0 heterocycles. The predicted molar refractivity (Wildman–Crippen MR) is 75.7 cm³/mol. The molecule has 2 N–H and O–H groups in total. The van der Waals surface area contributed by atoms with Gasteiger partial charge in [0, 0.05) is 20.6 Å². The number of hydrogen-bond donors (Lipinski definition) is 2. The van der Waals surface area contributed by atoms with Gasteiger partial charge in [-0.2, -0.15) is 0 Å². The van der Waals surface area contributed by atoms with E-state index in [0.717, 1.165) is 24.3 Å². The Morgan fingerprint density at radius 2 is 2.06 bits per heavy atom. The van der Waals surface area contributed by atoms with Crippen molar-refractivity contribution in [3.8, 4) is 0 Å². The number of rotatable bonds is 7. The van der Waals surface area contributed by atoms with E-state index >= 15 is 0 Å². The summed E-state index contributed by atoms with van der Waals surface area (Å²) in [5.74, 6) is -0.892. The third-order valence-electron chi connectivity index (χ3n) is 2.82. The molecule has 1 aromatic rings. The largest absolute Gasteiger partial charge is 0.478 e. The average Bonchev–Trinajstić information content (AvgIpc) is 2.34. The molecule has 0 aliphatic rings. The van der Waals surface area contributed by atoms with E-state index in [1.807, 2.05) is 25.1 Å². The standard InChI is InChI=1S/C14H22N2O2/c1-4-5-6-9-15-12-10-11(14(17)18)7-8-13(12)16(2)3/h7-8,10,15H,4-6,9H2,1-3H3,(H,17,18). The molecule has 0 atom stereocenters. The molecule has 0 aliphatic carbocycles. The van der Waals surface area contributed by atoms with Crippen LogP contribution in [0.3, 0.4) is 0 Å². The highest BCUT2D eigenvalue weighted by atomic mass is 16.4. The van der Waals surface area contributed by atoms with E-state index in [0.29, 0.717) is 5.56 Å². The van der Waals surface area contributed by atoms with Crippen LogP contribution in [0, 0.1) is 0 Å². The van der Waals surface area contributed by atoms with Crippen molar-refractivity contribution in [3.63, 3.8) is 0 Å². The first-order chi connectivity index (χ1) is 8.56. The molecule has 0 aromatic heterocycles. The molecule has 100 valence electrons. The van der Waals surface area contributed by atoms with E-state index in [-0.39, 0.29) is 0 Å². The van der Waals surface area contributed by atoms with E-state index < -0.39 is 5.97 Å². The Bertz CT molecular complexity index is 403. The number of hydrogen-bond acceptors (Lipinski definition) is 3. The fourth-order valence-corrected chi connectivity index (χ4v) is 1.80. The van der Waals surface area contributed by atoms with Crippen LogP contribution in [0.15, 0.2) is 18.2 Å². The number of nitrogens with one attached hydrogen (secondary N) is 1. The summed E-state index contributed by atoms with van der Waals surface area (Å²) < 4.78 is 0. The lowest BCUT2D eigenvalue weighted by molar-refractivity contribution is 0.0697. The Morgan fingerprint density at radius 3 is 2.61 bits per heavy atom. The van der Waals surface area contributed by atoms with Crippen LogP contribution < -0.4 is 10.2 Å². The summed E-state index contributed by atoms with van der Waals surface area (Å²) in [6, 6.07) is 5.17. The number of anilines is 2. The first-order valence-electron chi connectivity index (χ1n) is 6.34. The van der Waals surface area contributed by atoms with Crippen LogP contribution in [0.4, 0.5) is 11.4 Å². The van der Waals surface area contributed by atoms with Crippen molar-refractivity contribution in [2.75, 3.05) is 30.9 Å².